The summed E-state index contributed by atoms with van der Waals surface area (Å²) >= 11 is 26.1. The van der Waals surface area contributed by atoms with Gasteiger partial charge in [-0.05, 0) is 121 Å². The van der Waals surface area contributed by atoms with Crippen molar-refractivity contribution >= 4 is 124 Å². The molecule has 7 aromatic rings. The SMILES string of the molecule is C.CS(=O)(=O)CCCC[C@H](NC(=O)c1c(Cl)cc2c(c1Cl)CCN(C(=O)c1ccc3ccoc3c1)C2)C(=O)O.CS(=O)(=O)c1cccc(C[C@H](NC(=O)c2c(Cl)cc3c(c2Cl)CCN(C(=O)c2ccc4ccoc4c2)C3)C(=O)O)c1. The second kappa shape index (κ2) is 25.2. The summed E-state index contributed by atoms with van der Waals surface area (Å²) in [7, 11) is -6.66. The molecule has 4 heterocycles. The van der Waals surface area contributed by atoms with E-state index in [-0.39, 0.29) is 93.5 Å². The number of amides is 4. The van der Waals surface area contributed by atoms with Gasteiger partial charge in [0.05, 0.1) is 48.6 Å². The molecule has 0 bridgehead atoms. The number of furan rings is 2. The van der Waals surface area contributed by atoms with Crippen molar-refractivity contribution in [2.24, 2.45) is 0 Å². The Morgan fingerprint density at radius 3 is 1.55 bits per heavy atom. The summed E-state index contributed by atoms with van der Waals surface area (Å²) in [6.07, 6.45) is 6.50. The Bertz CT molecular complexity index is 3830. The molecule has 2 aliphatic rings. The number of sulfone groups is 2. The summed E-state index contributed by atoms with van der Waals surface area (Å²) < 4.78 is 57.2. The zero-order valence-corrected chi connectivity index (χ0v) is 46.8. The number of carbonyl (C=O) groups is 6. The average Bonchev–Trinajstić information content (AvgIpc) is 4.19. The molecule has 4 N–H and O–H groups in total. The van der Waals surface area contributed by atoms with Crippen LogP contribution in [0.2, 0.25) is 20.1 Å². The minimum Gasteiger partial charge on any atom is -0.480 e. The summed E-state index contributed by atoms with van der Waals surface area (Å²) in [5.41, 5.74) is 5.22. The van der Waals surface area contributed by atoms with Crippen LogP contribution < -0.4 is 10.6 Å². The molecule has 4 amide bonds. The van der Waals surface area contributed by atoms with Crippen LogP contribution in [0.25, 0.3) is 21.9 Å². The number of rotatable bonds is 16. The molecular formula is C56H54Cl4N4O14S2. The Labute approximate surface area is 480 Å². The minimum absolute atomic E-state index is 0. The third kappa shape index (κ3) is 14.1. The molecule has 9 rings (SSSR count). The first-order valence-corrected chi connectivity index (χ1v) is 29.9. The first kappa shape index (κ1) is 60.7. The molecule has 0 fully saturated rings. The Balaban J connectivity index is 0.000000229. The van der Waals surface area contributed by atoms with E-state index < -0.39 is 55.5 Å². The van der Waals surface area contributed by atoms with E-state index in [0.29, 0.717) is 82.5 Å². The molecule has 0 radical (unpaired) electrons. The molecule has 2 aromatic heterocycles. The van der Waals surface area contributed by atoms with Crippen LogP contribution in [0.1, 0.15) is 95.9 Å². The normalized spacial score (nSPS) is 13.9. The molecule has 0 unspecified atom stereocenters. The number of hydrogen-bond donors (Lipinski definition) is 4. The summed E-state index contributed by atoms with van der Waals surface area (Å²) in [5, 5.41) is 26.3. The minimum atomic E-state index is -3.50. The van der Waals surface area contributed by atoms with Crippen molar-refractivity contribution in [2.45, 2.75) is 76.0 Å². The first-order chi connectivity index (χ1) is 37.4. The fourth-order valence-corrected chi connectivity index (χ4v) is 12.3. The number of nitrogens with one attached hydrogen (secondary N) is 2. The lowest BCUT2D eigenvalue weighted by Gasteiger charge is -2.30. The van der Waals surface area contributed by atoms with Crippen LogP contribution in [0.5, 0.6) is 0 Å². The molecule has 2 aliphatic heterocycles. The maximum absolute atomic E-state index is 13.2. The molecule has 2 atom stereocenters. The standard InChI is InChI=1S/C29H24Cl2N2O7S.C26H26Cl2N2O7S.CH4/c1-41(38,39)20-4-2-3-16(11-20)12-23(29(36)37)32-27(34)25-22(30)13-19-15-33(9-7-21(19)26(25)31)28(35)18-6-5-17-8-10-40-24(17)14-18;1-38(35,36)11-3-2-4-20(26(33)34)29-24(31)22-19(27)12-17-14-30(9-7-18(17)23(22)28)25(32)16-6-5-15-8-10-37-21(15)13-16;/h2-6,8,10-11,13-14,23H,7,9,12,15H2,1H3,(H,32,34)(H,36,37);5-6,8,10,12-13,20H,2-4,7,9,11,14H2,1H3,(H,29,31)(H,33,34);1H4/t23-;20-;/m00./s1. The van der Waals surface area contributed by atoms with Gasteiger partial charge in [-0.25, -0.2) is 26.4 Å². The number of carboxylic acid groups (broad SMARTS) is 2. The Hall–Kier alpha value is -6.94. The summed E-state index contributed by atoms with van der Waals surface area (Å²) in [6, 6.07) is 20.5. The summed E-state index contributed by atoms with van der Waals surface area (Å²) in [6.45, 7) is 1.17. The maximum atomic E-state index is 13.2. The van der Waals surface area contributed by atoms with Gasteiger partial charge < -0.3 is 39.5 Å². The zero-order chi connectivity index (χ0) is 57.1. The molecule has 0 spiro atoms. The number of hydrogen-bond acceptors (Lipinski definition) is 12. The lowest BCUT2D eigenvalue weighted by atomic mass is 9.95. The number of carboxylic acids is 2. The van der Waals surface area contributed by atoms with E-state index in [1.54, 1.807) is 64.8 Å². The largest absolute Gasteiger partial charge is 0.480 e. The number of aliphatic carboxylic acids is 2. The van der Waals surface area contributed by atoms with Crippen LogP contribution in [-0.4, -0.2) is 116 Å². The Morgan fingerprint density at radius 1 is 0.625 bits per heavy atom. The van der Waals surface area contributed by atoms with E-state index in [4.69, 9.17) is 55.2 Å². The van der Waals surface area contributed by atoms with Gasteiger partial charge in [-0.1, -0.05) is 78.1 Å². The number of unbranched alkanes of at least 4 members (excludes halogenated alkanes) is 1. The van der Waals surface area contributed by atoms with Gasteiger partial charge in [-0.15, -0.1) is 0 Å². The smallest absolute Gasteiger partial charge is 0.326 e. The molecule has 0 aliphatic carbocycles. The predicted octanol–water partition coefficient (Wildman–Crippen LogP) is 9.74. The topological polar surface area (TPSA) is 268 Å². The van der Waals surface area contributed by atoms with Gasteiger partial charge in [0.25, 0.3) is 23.6 Å². The van der Waals surface area contributed by atoms with E-state index in [0.717, 1.165) is 23.3 Å². The van der Waals surface area contributed by atoms with E-state index >= 15 is 0 Å². The number of nitrogens with zero attached hydrogens (tertiary/aromatic N) is 2. The highest BCUT2D eigenvalue weighted by atomic mass is 35.5. The summed E-state index contributed by atoms with van der Waals surface area (Å²) in [5.74, 6) is -4.49. The van der Waals surface area contributed by atoms with Crippen molar-refractivity contribution < 1.29 is 64.7 Å². The van der Waals surface area contributed by atoms with Crippen LogP contribution in [-0.2, 0) is 61.6 Å². The van der Waals surface area contributed by atoms with Gasteiger partial charge in [0.2, 0.25) is 0 Å². The zero-order valence-electron chi connectivity index (χ0n) is 42.2. The van der Waals surface area contributed by atoms with Crippen molar-refractivity contribution in [2.75, 3.05) is 31.4 Å². The van der Waals surface area contributed by atoms with Crippen molar-refractivity contribution in [1.29, 1.82) is 0 Å². The van der Waals surface area contributed by atoms with Crippen LogP contribution in [0.3, 0.4) is 0 Å². The Morgan fingerprint density at radius 2 is 1.10 bits per heavy atom. The lowest BCUT2D eigenvalue weighted by Crippen LogP contribution is -2.42. The fourth-order valence-electron chi connectivity index (χ4n) is 9.38. The number of benzene rings is 5. The van der Waals surface area contributed by atoms with E-state index in [9.17, 15) is 55.8 Å². The van der Waals surface area contributed by atoms with E-state index in [1.165, 1.54) is 18.2 Å². The highest BCUT2D eigenvalue weighted by Gasteiger charge is 2.32. The Kier molecular flexibility index (Phi) is 19.2. The monoisotopic (exact) mass is 1210 g/mol. The highest BCUT2D eigenvalue weighted by molar-refractivity contribution is 7.91. The molecular weight excluding hydrogens is 1160 g/mol. The average molecular weight is 1210 g/mol. The number of halogens is 4. The van der Waals surface area contributed by atoms with Crippen molar-refractivity contribution in [3.8, 4) is 0 Å². The van der Waals surface area contributed by atoms with Gasteiger partial charge in [0.15, 0.2) is 9.84 Å². The van der Waals surface area contributed by atoms with Crippen LogP contribution in [0, 0.1) is 0 Å². The lowest BCUT2D eigenvalue weighted by molar-refractivity contribution is -0.140. The molecule has 24 heteroatoms. The molecule has 0 saturated carbocycles. The highest BCUT2D eigenvalue weighted by Crippen LogP contribution is 2.37. The number of carbonyl (C=O) groups excluding carboxylic acids is 4. The predicted molar refractivity (Wildman–Crippen MR) is 304 cm³/mol. The van der Waals surface area contributed by atoms with Crippen LogP contribution in [0.15, 0.2) is 111 Å². The quantitative estimate of drug-likeness (QED) is 0.0656. The molecule has 5 aromatic carbocycles. The first-order valence-electron chi connectivity index (χ1n) is 24.4. The maximum Gasteiger partial charge on any atom is 0.326 e. The molecule has 0 saturated heterocycles. The van der Waals surface area contributed by atoms with E-state index in [1.807, 2.05) is 24.3 Å². The third-order valence-corrected chi connectivity index (χ3v) is 17.0. The van der Waals surface area contributed by atoms with Crippen LogP contribution >= 0.6 is 46.4 Å². The van der Waals surface area contributed by atoms with Gasteiger partial charge in [-0.2, -0.15) is 0 Å². The molecule has 422 valence electrons. The van der Waals surface area contributed by atoms with E-state index in [2.05, 4.69) is 10.6 Å². The second-order valence-corrected chi connectivity index (χ2v) is 25.0. The van der Waals surface area contributed by atoms with Gasteiger partial charge in [0.1, 0.15) is 33.1 Å². The third-order valence-electron chi connectivity index (χ3n) is 13.5. The molecule has 80 heavy (non-hydrogen) atoms. The van der Waals surface area contributed by atoms with Gasteiger partial charge in [0, 0.05) is 72.8 Å². The van der Waals surface area contributed by atoms with Crippen molar-refractivity contribution in [3.63, 3.8) is 0 Å². The van der Waals surface area contributed by atoms with Crippen molar-refractivity contribution in [3.05, 3.63) is 168 Å². The van der Waals surface area contributed by atoms with Gasteiger partial charge in [-0.3, -0.25) is 19.2 Å². The van der Waals surface area contributed by atoms with Crippen LogP contribution in [0.4, 0.5) is 0 Å². The van der Waals surface area contributed by atoms with Crippen molar-refractivity contribution in [1.82, 2.24) is 20.4 Å². The number of fused-ring (bicyclic) bond motifs is 4. The summed E-state index contributed by atoms with van der Waals surface area (Å²) in [4.78, 5) is 79.6. The molecule has 18 nitrogen and oxygen atoms in total. The second-order valence-electron chi connectivity index (χ2n) is 19.1. The van der Waals surface area contributed by atoms with Gasteiger partial charge >= 0.3 is 11.9 Å². The fraction of sp³-hybridized carbons (Fsp3) is 0.286.